The van der Waals surface area contributed by atoms with E-state index < -0.39 is 4.92 Å². The van der Waals surface area contributed by atoms with Crippen LogP contribution in [0.2, 0.25) is 0 Å². The standard InChI is InChI=1S/C20H29N3O3/c1-13-9-15(19(2,3)4)17(16(10-13)20(5,6)7)26-12-14-11-21-18(22(14)8)23(24)25/h9-11H,12H2,1-8H3. The third-order valence-electron chi connectivity index (χ3n) is 4.44. The molecule has 1 aromatic heterocycles. The van der Waals surface area contributed by atoms with Gasteiger partial charge in [-0.3, -0.25) is 0 Å². The predicted octanol–water partition coefficient (Wildman–Crippen LogP) is 4.81. The molecule has 0 spiro atoms. The molecule has 1 heterocycles. The highest BCUT2D eigenvalue weighted by Crippen LogP contribution is 2.41. The van der Waals surface area contributed by atoms with E-state index in [1.807, 2.05) is 0 Å². The van der Waals surface area contributed by atoms with E-state index in [0.717, 1.165) is 16.9 Å². The number of imidazole rings is 1. The van der Waals surface area contributed by atoms with Gasteiger partial charge in [-0.15, -0.1) is 0 Å². The number of ether oxygens (including phenoxy) is 1. The van der Waals surface area contributed by atoms with E-state index >= 15 is 0 Å². The van der Waals surface area contributed by atoms with Crippen molar-refractivity contribution in [3.05, 3.63) is 50.8 Å². The minimum atomic E-state index is -0.490. The maximum atomic E-state index is 11.0. The van der Waals surface area contributed by atoms with Crippen LogP contribution in [0.15, 0.2) is 18.3 Å². The Kier molecular flexibility index (Phi) is 5.17. The van der Waals surface area contributed by atoms with Gasteiger partial charge in [0.15, 0.2) is 5.69 Å². The van der Waals surface area contributed by atoms with Crippen LogP contribution in [0, 0.1) is 17.0 Å². The number of aryl methyl sites for hydroxylation is 1. The Hall–Kier alpha value is -2.37. The SMILES string of the molecule is Cc1cc(C(C)(C)C)c(OCc2cnc([N+](=O)[O-])n2C)c(C(C)(C)C)c1. The van der Waals surface area contributed by atoms with E-state index in [1.54, 1.807) is 7.05 Å². The Morgan fingerprint density at radius 3 is 2.00 bits per heavy atom. The minimum absolute atomic E-state index is 0.0835. The lowest BCUT2D eigenvalue weighted by atomic mass is 9.78. The van der Waals surface area contributed by atoms with E-state index in [-0.39, 0.29) is 23.4 Å². The largest absolute Gasteiger partial charge is 0.485 e. The number of nitrogens with zero attached hydrogens (tertiary/aromatic N) is 3. The van der Waals surface area contributed by atoms with Crippen molar-refractivity contribution in [3.8, 4) is 5.75 Å². The average molecular weight is 359 g/mol. The molecule has 0 aliphatic rings. The Morgan fingerprint density at radius 2 is 1.62 bits per heavy atom. The molecule has 0 N–H and O–H groups in total. The molecule has 2 aromatic rings. The molecule has 2 rings (SSSR count). The van der Waals surface area contributed by atoms with Gasteiger partial charge < -0.3 is 14.9 Å². The van der Waals surface area contributed by atoms with Crippen molar-refractivity contribution in [1.29, 1.82) is 0 Å². The molecule has 0 amide bonds. The molecule has 0 unspecified atom stereocenters. The minimum Gasteiger partial charge on any atom is -0.485 e. The van der Waals surface area contributed by atoms with Gasteiger partial charge >= 0.3 is 5.95 Å². The van der Waals surface area contributed by atoms with Crippen LogP contribution < -0.4 is 4.74 Å². The van der Waals surface area contributed by atoms with Gasteiger partial charge in [-0.1, -0.05) is 64.2 Å². The molecular weight excluding hydrogens is 330 g/mol. The first-order valence-corrected chi connectivity index (χ1v) is 8.75. The zero-order valence-electron chi connectivity index (χ0n) is 17.0. The van der Waals surface area contributed by atoms with Gasteiger partial charge in [0.1, 0.15) is 18.6 Å². The molecule has 0 saturated carbocycles. The normalized spacial score (nSPS) is 12.3. The first-order valence-electron chi connectivity index (χ1n) is 8.75. The summed E-state index contributed by atoms with van der Waals surface area (Å²) in [7, 11) is 1.63. The van der Waals surface area contributed by atoms with Gasteiger partial charge in [0.2, 0.25) is 0 Å². The number of aromatic nitrogens is 2. The van der Waals surface area contributed by atoms with Gasteiger partial charge in [-0.05, 0) is 22.7 Å². The van der Waals surface area contributed by atoms with Crippen molar-refractivity contribution >= 4 is 5.95 Å². The summed E-state index contributed by atoms with van der Waals surface area (Å²) in [5, 5.41) is 11.0. The molecule has 0 bridgehead atoms. The Balaban J connectivity index is 2.49. The fourth-order valence-corrected chi connectivity index (χ4v) is 2.93. The van der Waals surface area contributed by atoms with Gasteiger partial charge in [-0.25, -0.2) is 4.57 Å². The van der Waals surface area contributed by atoms with E-state index in [4.69, 9.17) is 4.74 Å². The average Bonchev–Trinajstić information content (AvgIpc) is 2.84. The van der Waals surface area contributed by atoms with Crippen molar-refractivity contribution in [2.45, 2.75) is 65.9 Å². The lowest BCUT2D eigenvalue weighted by molar-refractivity contribution is -0.396. The topological polar surface area (TPSA) is 70.2 Å². The molecule has 0 radical (unpaired) electrons. The van der Waals surface area contributed by atoms with Gasteiger partial charge in [0, 0.05) is 11.1 Å². The summed E-state index contributed by atoms with van der Waals surface area (Å²) in [4.78, 5) is 14.4. The van der Waals surface area contributed by atoms with Crippen LogP contribution in [-0.2, 0) is 24.5 Å². The molecule has 6 heteroatoms. The number of benzene rings is 1. The molecule has 0 aliphatic heterocycles. The summed E-state index contributed by atoms with van der Waals surface area (Å²) in [6.45, 7) is 15.3. The van der Waals surface area contributed by atoms with Crippen molar-refractivity contribution < 1.29 is 9.66 Å². The maximum absolute atomic E-state index is 11.0. The zero-order valence-corrected chi connectivity index (χ0v) is 17.0. The Morgan fingerprint density at radius 1 is 1.12 bits per heavy atom. The van der Waals surface area contributed by atoms with Crippen LogP contribution in [0.5, 0.6) is 5.75 Å². The molecule has 6 nitrogen and oxygen atoms in total. The summed E-state index contributed by atoms with van der Waals surface area (Å²) in [6.07, 6.45) is 1.50. The highest BCUT2D eigenvalue weighted by molar-refractivity contribution is 5.50. The predicted molar refractivity (Wildman–Crippen MR) is 103 cm³/mol. The molecular formula is C20H29N3O3. The van der Waals surface area contributed by atoms with E-state index in [9.17, 15) is 10.1 Å². The van der Waals surface area contributed by atoms with E-state index in [0.29, 0.717) is 5.69 Å². The van der Waals surface area contributed by atoms with Gasteiger partial charge in [-0.2, -0.15) is 0 Å². The maximum Gasteiger partial charge on any atom is 0.434 e. The summed E-state index contributed by atoms with van der Waals surface area (Å²) in [5.74, 6) is 0.680. The highest BCUT2D eigenvalue weighted by atomic mass is 16.6. The number of nitro groups is 1. The van der Waals surface area contributed by atoms with Crippen LogP contribution >= 0.6 is 0 Å². The van der Waals surface area contributed by atoms with E-state index in [1.165, 1.54) is 16.3 Å². The molecule has 26 heavy (non-hydrogen) atoms. The third-order valence-corrected chi connectivity index (χ3v) is 4.44. The van der Waals surface area contributed by atoms with Crippen LogP contribution in [0.3, 0.4) is 0 Å². The van der Waals surface area contributed by atoms with Crippen LogP contribution in [-0.4, -0.2) is 14.5 Å². The van der Waals surface area contributed by atoms with Crippen molar-refractivity contribution in [2.75, 3.05) is 0 Å². The zero-order chi connectivity index (χ0) is 19.9. The van der Waals surface area contributed by atoms with E-state index in [2.05, 4.69) is 65.6 Å². The third kappa shape index (κ3) is 4.06. The summed E-state index contributed by atoms with van der Waals surface area (Å²) in [6, 6.07) is 4.33. The second kappa shape index (κ2) is 6.74. The molecule has 0 atom stereocenters. The van der Waals surface area contributed by atoms with Crippen LogP contribution in [0.1, 0.15) is 63.9 Å². The number of hydrogen-bond donors (Lipinski definition) is 0. The highest BCUT2D eigenvalue weighted by Gasteiger charge is 2.28. The lowest BCUT2D eigenvalue weighted by Gasteiger charge is -2.30. The monoisotopic (exact) mass is 359 g/mol. The fourth-order valence-electron chi connectivity index (χ4n) is 2.93. The second-order valence-electron chi connectivity index (χ2n) is 8.84. The first kappa shape index (κ1) is 19.9. The lowest BCUT2D eigenvalue weighted by Crippen LogP contribution is -2.20. The van der Waals surface area contributed by atoms with Crippen LogP contribution in [0.4, 0.5) is 5.95 Å². The molecule has 0 aliphatic carbocycles. The first-order chi connectivity index (χ1) is 11.8. The number of hydrogen-bond acceptors (Lipinski definition) is 4. The molecule has 1 aromatic carbocycles. The second-order valence-corrected chi connectivity index (χ2v) is 8.84. The number of rotatable bonds is 4. The van der Waals surface area contributed by atoms with Crippen LogP contribution in [0.25, 0.3) is 0 Å². The van der Waals surface area contributed by atoms with Gasteiger partial charge in [0.25, 0.3) is 0 Å². The van der Waals surface area contributed by atoms with Gasteiger partial charge in [0.05, 0.1) is 7.05 Å². The van der Waals surface area contributed by atoms with Crippen molar-refractivity contribution in [3.63, 3.8) is 0 Å². The van der Waals surface area contributed by atoms with Crippen molar-refractivity contribution in [1.82, 2.24) is 9.55 Å². The summed E-state index contributed by atoms with van der Waals surface area (Å²) >= 11 is 0. The summed E-state index contributed by atoms with van der Waals surface area (Å²) < 4.78 is 7.71. The molecule has 142 valence electrons. The quantitative estimate of drug-likeness (QED) is 0.580. The smallest absolute Gasteiger partial charge is 0.434 e. The fraction of sp³-hybridized carbons (Fsp3) is 0.550. The Bertz CT molecular complexity index is 789. The summed E-state index contributed by atoms with van der Waals surface area (Å²) in [5.41, 5.74) is 3.97. The Labute approximate surface area is 155 Å². The van der Waals surface area contributed by atoms with Crippen molar-refractivity contribution in [2.24, 2.45) is 7.05 Å². The molecule has 0 saturated heterocycles. The molecule has 0 fully saturated rings.